The van der Waals surface area contributed by atoms with Gasteiger partial charge in [0.2, 0.25) is 5.91 Å². The maximum atomic E-state index is 12.2. The molecule has 1 fully saturated rings. The van der Waals surface area contributed by atoms with Crippen LogP contribution in [0, 0.1) is 5.92 Å². The number of nitrogens with one attached hydrogen (secondary N) is 3. The molecule has 0 saturated carbocycles. The Kier molecular flexibility index (Phi) is 3.78. The molecule has 0 spiro atoms. The second-order valence-corrected chi connectivity index (χ2v) is 5.08. The number of H-pyrrole nitrogens is 1. The first-order chi connectivity index (χ1) is 9.83. The zero-order chi connectivity index (χ0) is 13.8. The number of rotatable bonds is 3. The van der Waals surface area contributed by atoms with Crippen molar-refractivity contribution in [2.45, 2.75) is 12.8 Å². The molecule has 1 aromatic carbocycles. The third-order valence-corrected chi connectivity index (χ3v) is 3.61. The maximum Gasteiger partial charge on any atom is 0.228 e. The van der Waals surface area contributed by atoms with Gasteiger partial charge in [-0.1, -0.05) is 12.1 Å². The highest BCUT2D eigenvalue weighted by Gasteiger charge is 2.20. The summed E-state index contributed by atoms with van der Waals surface area (Å²) in [6.07, 6.45) is 3.74. The van der Waals surface area contributed by atoms with Crippen molar-refractivity contribution in [1.29, 1.82) is 0 Å². The van der Waals surface area contributed by atoms with E-state index in [0.29, 0.717) is 0 Å². The van der Waals surface area contributed by atoms with E-state index in [9.17, 15) is 4.79 Å². The van der Waals surface area contributed by atoms with Gasteiger partial charge in [-0.3, -0.25) is 9.89 Å². The summed E-state index contributed by atoms with van der Waals surface area (Å²) in [6, 6.07) is 9.71. The third-order valence-electron chi connectivity index (χ3n) is 3.61. The Morgan fingerprint density at radius 1 is 1.35 bits per heavy atom. The van der Waals surface area contributed by atoms with Crippen molar-refractivity contribution < 1.29 is 4.79 Å². The largest absolute Gasteiger partial charge is 0.326 e. The van der Waals surface area contributed by atoms with Crippen LogP contribution in [-0.2, 0) is 4.79 Å². The van der Waals surface area contributed by atoms with Gasteiger partial charge in [-0.05, 0) is 37.6 Å². The molecule has 2 aromatic rings. The zero-order valence-corrected chi connectivity index (χ0v) is 11.2. The van der Waals surface area contributed by atoms with Crippen molar-refractivity contribution in [3.05, 3.63) is 36.5 Å². The molecule has 3 rings (SSSR count). The molecule has 0 unspecified atom stereocenters. The molecule has 0 aliphatic carbocycles. The molecule has 5 nitrogen and oxygen atoms in total. The lowest BCUT2D eigenvalue weighted by atomic mass is 9.98. The topological polar surface area (TPSA) is 69.8 Å². The molecule has 5 heteroatoms. The van der Waals surface area contributed by atoms with Gasteiger partial charge in [0.05, 0.1) is 11.6 Å². The van der Waals surface area contributed by atoms with E-state index in [1.54, 1.807) is 6.20 Å². The van der Waals surface area contributed by atoms with E-state index in [1.165, 1.54) is 0 Å². The fourth-order valence-electron chi connectivity index (χ4n) is 2.50. The first kappa shape index (κ1) is 12.9. The lowest BCUT2D eigenvalue weighted by molar-refractivity contribution is -0.120. The van der Waals surface area contributed by atoms with Gasteiger partial charge < -0.3 is 10.6 Å². The van der Waals surface area contributed by atoms with Gasteiger partial charge in [0.15, 0.2) is 0 Å². The van der Waals surface area contributed by atoms with Crippen LogP contribution in [0.1, 0.15) is 12.8 Å². The summed E-state index contributed by atoms with van der Waals surface area (Å²) in [5, 5.41) is 13.1. The molecule has 0 radical (unpaired) electrons. The van der Waals surface area contributed by atoms with Crippen LogP contribution in [-0.4, -0.2) is 29.2 Å². The van der Waals surface area contributed by atoms with E-state index in [0.717, 1.165) is 42.9 Å². The van der Waals surface area contributed by atoms with E-state index in [2.05, 4.69) is 20.8 Å². The average Bonchev–Trinajstić information content (AvgIpc) is 3.03. The predicted molar refractivity (Wildman–Crippen MR) is 78.2 cm³/mol. The second kappa shape index (κ2) is 5.88. The Labute approximate surface area is 117 Å². The SMILES string of the molecule is O=C(Nc1cccc(-c2ccn[nH]2)c1)[C@H]1CCCNC1. The highest BCUT2D eigenvalue weighted by molar-refractivity contribution is 5.93. The number of aromatic amines is 1. The summed E-state index contributed by atoms with van der Waals surface area (Å²) in [7, 11) is 0. The zero-order valence-electron chi connectivity index (χ0n) is 11.2. The lowest BCUT2D eigenvalue weighted by Crippen LogP contribution is -2.37. The highest BCUT2D eigenvalue weighted by Crippen LogP contribution is 2.21. The third kappa shape index (κ3) is 2.88. The first-order valence-electron chi connectivity index (χ1n) is 6.94. The van der Waals surface area contributed by atoms with Crippen molar-refractivity contribution in [2.24, 2.45) is 5.92 Å². The second-order valence-electron chi connectivity index (χ2n) is 5.08. The predicted octanol–water partition coefficient (Wildman–Crippen LogP) is 2.01. The van der Waals surface area contributed by atoms with Gasteiger partial charge in [0.1, 0.15) is 0 Å². The number of hydrogen-bond acceptors (Lipinski definition) is 3. The average molecular weight is 270 g/mol. The van der Waals surface area contributed by atoms with Crippen molar-refractivity contribution in [3.8, 4) is 11.3 Å². The number of carbonyl (C=O) groups excluding carboxylic acids is 1. The molecule has 1 amide bonds. The van der Waals surface area contributed by atoms with Crippen LogP contribution in [0.2, 0.25) is 0 Å². The fraction of sp³-hybridized carbons (Fsp3) is 0.333. The minimum atomic E-state index is 0.0690. The first-order valence-corrected chi connectivity index (χ1v) is 6.94. The monoisotopic (exact) mass is 270 g/mol. The quantitative estimate of drug-likeness (QED) is 0.799. The number of anilines is 1. The Balaban J connectivity index is 1.71. The van der Waals surface area contributed by atoms with Gasteiger partial charge in [0.25, 0.3) is 0 Å². The maximum absolute atomic E-state index is 12.2. The molecular formula is C15H18N4O. The Morgan fingerprint density at radius 3 is 3.05 bits per heavy atom. The molecule has 1 atom stereocenters. The summed E-state index contributed by atoms with van der Waals surface area (Å²) >= 11 is 0. The number of nitrogens with zero attached hydrogens (tertiary/aromatic N) is 1. The molecule has 1 aliphatic rings. The van der Waals surface area contributed by atoms with E-state index >= 15 is 0 Å². The smallest absolute Gasteiger partial charge is 0.228 e. The highest BCUT2D eigenvalue weighted by atomic mass is 16.1. The van der Waals surface area contributed by atoms with Crippen molar-refractivity contribution >= 4 is 11.6 Å². The molecule has 20 heavy (non-hydrogen) atoms. The van der Waals surface area contributed by atoms with Crippen LogP contribution in [0.3, 0.4) is 0 Å². The number of amides is 1. The number of carbonyl (C=O) groups is 1. The summed E-state index contributed by atoms with van der Waals surface area (Å²) in [6.45, 7) is 1.78. The summed E-state index contributed by atoms with van der Waals surface area (Å²) in [5.41, 5.74) is 2.79. The van der Waals surface area contributed by atoms with Crippen LogP contribution in [0.15, 0.2) is 36.5 Å². The molecule has 0 bridgehead atoms. The normalized spacial score (nSPS) is 18.7. The molecule has 3 N–H and O–H groups in total. The Bertz CT molecular complexity index is 573. The van der Waals surface area contributed by atoms with E-state index in [4.69, 9.17) is 0 Å². The number of hydrogen-bond donors (Lipinski definition) is 3. The number of piperidine rings is 1. The standard InChI is InChI=1S/C15H18N4O/c20-15(12-4-2-7-16-10-12)18-13-5-1-3-11(9-13)14-6-8-17-19-14/h1,3,5-6,8-9,12,16H,2,4,7,10H2,(H,17,19)(H,18,20)/t12-/m0/s1. The molecule has 1 aromatic heterocycles. The summed E-state index contributed by atoms with van der Waals surface area (Å²) in [5.74, 6) is 0.165. The summed E-state index contributed by atoms with van der Waals surface area (Å²) < 4.78 is 0. The molecule has 1 saturated heterocycles. The van der Waals surface area contributed by atoms with Gasteiger partial charge in [0, 0.05) is 24.0 Å². The van der Waals surface area contributed by atoms with Gasteiger partial charge in [-0.15, -0.1) is 0 Å². The Hall–Kier alpha value is -2.14. The van der Waals surface area contributed by atoms with Crippen LogP contribution in [0.25, 0.3) is 11.3 Å². The van der Waals surface area contributed by atoms with E-state index in [1.807, 2.05) is 30.3 Å². The molecule has 104 valence electrons. The lowest BCUT2D eigenvalue weighted by Gasteiger charge is -2.22. The molecular weight excluding hydrogens is 252 g/mol. The minimum absolute atomic E-state index is 0.0690. The van der Waals surface area contributed by atoms with E-state index < -0.39 is 0 Å². The van der Waals surface area contributed by atoms with Crippen LogP contribution in [0.4, 0.5) is 5.69 Å². The number of benzene rings is 1. The van der Waals surface area contributed by atoms with Crippen molar-refractivity contribution in [2.75, 3.05) is 18.4 Å². The van der Waals surface area contributed by atoms with Gasteiger partial charge in [-0.2, -0.15) is 5.10 Å². The van der Waals surface area contributed by atoms with E-state index in [-0.39, 0.29) is 11.8 Å². The van der Waals surface area contributed by atoms with Crippen LogP contribution < -0.4 is 10.6 Å². The molecule has 1 aliphatic heterocycles. The molecule has 2 heterocycles. The minimum Gasteiger partial charge on any atom is -0.326 e. The van der Waals surface area contributed by atoms with Crippen molar-refractivity contribution in [3.63, 3.8) is 0 Å². The Morgan fingerprint density at radius 2 is 2.30 bits per heavy atom. The fourth-order valence-corrected chi connectivity index (χ4v) is 2.50. The summed E-state index contributed by atoms with van der Waals surface area (Å²) in [4.78, 5) is 12.2. The van der Waals surface area contributed by atoms with Gasteiger partial charge in [-0.25, -0.2) is 0 Å². The number of aromatic nitrogens is 2. The van der Waals surface area contributed by atoms with Crippen molar-refractivity contribution in [1.82, 2.24) is 15.5 Å². The van der Waals surface area contributed by atoms with Gasteiger partial charge >= 0.3 is 0 Å². The van der Waals surface area contributed by atoms with Crippen LogP contribution >= 0.6 is 0 Å². The van der Waals surface area contributed by atoms with Crippen LogP contribution in [0.5, 0.6) is 0 Å².